The summed E-state index contributed by atoms with van der Waals surface area (Å²) in [5.41, 5.74) is 1.25. The molecule has 1 aliphatic heterocycles. The third-order valence-electron chi connectivity index (χ3n) is 3.94. The molecule has 28 heavy (non-hydrogen) atoms. The Morgan fingerprint density at radius 2 is 1.89 bits per heavy atom. The van der Waals surface area contributed by atoms with Crippen molar-refractivity contribution in [3.8, 4) is 0 Å². The van der Waals surface area contributed by atoms with Crippen LogP contribution in [0.25, 0.3) is 0 Å². The highest BCUT2D eigenvalue weighted by molar-refractivity contribution is 6.01. The van der Waals surface area contributed by atoms with E-state index < -0.39 is 29.9 Å². The Hall–Kier alpha value is -3.69. The second-order valence-electron chi connectivity index (χ2n) is 6.02. The number of benzene rings is 1. The predicted molar refractivity (Wildman–Crippen MR) is 93.0 cm³/mol. The summed E-state index contributed by atoms with van der Waals surface area (Å²) >= 11 is 0. The average Bonchev–Trinajstić information content (AvgIpc) is 3.32. The van der Waals surface area contributed by atoms with Crippen LogP contribution in [0.3, 0.4) is 0 Å². The maximum Gasteiger partial charge on any atom is 0.408 e. The molecule has 0 spiro atoms. The van der Waals surface area contributed by atoms with Gasteiger partial charge < -0.3 is 19.9 Å². The molecule has 3 rings (SSSR count). The number of carbonyl (C=O) groups is 4. The lowest BCUT2D eigenvalue weighted by molar-refractivity contribution is -0.198. The SMILES string of the molecule is O=C(N[C@@H](Cc1c[nH]cn1)C(=O)ON1C(=O)CCC1=O)OCc1ccccc1. The van der Waals surface area contributed by atoms with Gasteiger partial charge in [-0.2, -0.15) is 0 Å². The van der Waals surface area contributed by atoms with Gasteiger partial charge in [-0.05, 0) is 5.56 Å². The Kier molecular flexibility index (Phi) is 6.00. The number of amides is 3. The molecule has 0 saturated carbocycles. The van der Waals surface area contributed by atoms with Crippen molar-refractivity contribution in [3.05, 3.63) is 54.1 Å². The molecule has 1 atom stereocenters. The first kappa shape index (κ1) is 19.1. The number of imidazole rings is 1. The largest absolute Gasteiger partial charge is 0.445 e. The maximum atomic E-state index is 12.4. The van der Waals surface area contributed by atoms with Gasteiger partial charge in [-0.1, -0.05) is 30.3 Å². The number of nitrogens with one attached hydrogen (secondary N) is 2. The Balaban J connectivity index is 1.62. The van der Waals surface area contributed by atoms with Gasteiger partial charge in [-0.3, -0.25) is 9.59 Å². The fourth-order valence-corrected chi connectivity index (χ4v) is 2.52. The fraction of sp³-hybridized carbons (Fsp3) is 0.278. The zero-order valence-electron chi connectivity index (χ0n) is 14.8. The summed E-state index contributed by atoms with van der Waals surface area (Å²) in [4.78, 5) is 59.5. The number of nitrogens with zero attached hydrogens (tertiary/aromatic N) is 2. The van der Waals surface area contributed by atoms with E-state index in [-0.39, 0.29) is 25.9 Å². The van der Waals surface area contributed by atoms with Crippen LogP contribution in [0.15, 0.2) is 42.9 Å². The van der Waals surface area contributed by atoms with E-state index in [1.54, 1.807) is 30.5 Å². The monoisotopic (exact) mass is 386 g/mol. The van der Waals surface area contributed by atoms with Gasteiger partial charge in [0.2, 0.25) is 0 Å². The molecule has 3 amide bonds. The summed E-state index contributed by atoms with van der Waals surface area (Å²) in [6, 6.07) is 7.81. The highest BCUT2D eigenvalue weighted by Gasteiger charge is 2.35. The minimum Gasteiger partial charge on any atom is -0.445 e. The number of aromatic amines is 1. The van der Waals surface area contributed by atoms with Crippen LogP contribution in [-0.4, -0.2) is 44.9 Å². The highest BCUT2D eigenvalue weighted by atomic mass is 16.7. The molecule has 2 heterocycles. The molecular formula is C18H18N4O6. The van der Waals surface area contributed by atoms with Crippen molar-refractivity contribution in [3.63, 3.8) is 0 Å². The molecule has 0 radical (unpaired) electrons. The van der Waals surface area contributed by atoms with Gasteiger partial charge in [-0.15, -0.1) is 5.06 Å². The number of imide groups is 1. The number of hydrogen-bond donors (Lipinski definition) is 2. The summed E-state index contributed by atoms with van der Waals surface area (Å²) in [5, 5.41) is 2.82. The molecule has 2 N–H and O–H groups in total. The number of rotatable bonds is 7. The minimum absolute atomic E-state index is 0.0138. The Morgan fingerprint density at radius 1 is 1.18 bits per heavy atom. The van der Waals surface area contributed by atoms with Gasteiger partial charge in [-0.25, -0.2) is 14.6 Å². The lowest BCUT2D eigenvalue weighted by Gasteiger charge is -2.19. The van der Waals surface area contributed by atoms with Gasteiger partial charge in [0.15, 0.2) is 0 Å². The fourth-order valence-electron chi connectivity index (χ4n) is 2.52. The van der Waals surface area contributed by atoms with Crippen LogP contribution in [0, 0.1) is 0 Å². The van der Waals surface area contributed by atoms with E-state index in [4.69, 9.17) is 9.57 Å². The first-order valence-electron chi connectivity index (χ1n) is 8.55. The Bertz CT molecular complexity index is 836. The molecule has 1 fully saturated rings. The van der Waals surface area contributed by atoms with Crippen molar-refractivity contribution in [2.75, 3.05) is 0 Å². The van der Waals surface area contributed by atoms with Crippen molar-refractivity contribution in [1.82, 2.24) is 20.3 Å². The molecule has 1 aromatic heterocycles. The van der Waals surface area contributed by atoms with Gasteiger partial charge in [0.05, 0.1) is 12.0 Å². The van der Waals surface area contributed by atoms with Crippen LogP contribution in [0.5, 0.6) is 0 Å². The van der Waals surface area contributed by atoms with Crippen molar-refractivity contribution >= 4 is 23.9 Å². The molecule has 1 aliphatic rings. The summed E-state index contributed by atoms with van der Waals surface area (Å²) in [7, 11) is 0. The zero-order valence-corrected chi connectivity index (χ0v) is 14.8. The summed E-state index contributed by atoms with van der Waals surface area (Å²) in [5.74, 6) is -2.18. The number of carbonyl (C=O) groups excluding carboxylic acids is 4. The number of hydrogen-bond acceptors (Lipinski definition) is 7. The molecule has 1 saturated heterocycles. The predicted octanol–water partition coefficient (Wildman–Crippen LogP) is 0.854. The quantitative estimate of drug-likeness (QED) is 0.675. The van der Waals surface area contributed by atoms with E-state index in [0.717, 1.165) is 5.56 Å². The van der Waals surface area contributed by atoms with Crippen LogP contribution in [0.1, 0.15) is 24.1 Å². The van der Waals surface area contributed by atoms with Crippen LogP contribution in [0.4, 0.5) is 4.79 Å². The smallest absolute Gasteiger partial charge is 0.408 e. The van der Waals surface area contributed by atoms with E-state index in [1.807, 2.05) is 6.07 Å². The molecule has 10 nitrogen and oxygen atoms in total. The van der Waals surface area contributed by atoms with Crippen LogP contribution in [0.2, 0.25) is 0 Å². The Labute approximate surface area is 159 Å². The van der Waals surface area contributed by atoms with Gasteiger partial charge >= 0.3 is 12.1 Å². The van der Waals surface area contributed by atoms with Crippen LogP contribution >= 0.6 is 0 Å². The topological polar surface area (TPSA) is 131 Å². The maximum absolute atomic E-state index is 12.4. The standard InChI is InChI=1S/C18H18N4O6/c23-15-6-7-16(24)22(15)28-17(25)14(8-13-9-19-11-20-13)21-18(26)27-10-12-4-2-1-3-5-12/h1-5,9,11,14H,6-8,10H2,(H,19,20)(H,21,26)/t14-/m0/s1. The van der Waals surface area contributed by atoms with E-state index in [9.17, 15) is 19.2 Å². The van der Waals surface area contributed by atoms with Crippen molar-refractivity contribution < 1.29 is 28.8 Å². The molecule has 0 aliphatic carbocycles. The summed E-state index contributed by atoms with van der Waals surface area (Å²) in [6.45, 7) is 0.0138. The van der Waals surface area contributed by atoms with Gasteiger partial charge in [0, 0.05) is 25.5 Å². The molecule has 10 heteroatoms. The molecule has 1 aromatic carbocycles. The van der Waals surface area contributed by atoms with E-state index >= 15 is 0 Å². The average molecular weight is 386 g/mol. The molecular weight excluding hydrogens is 368 g/mol. The molecule has 146 valence electrons. The summed E-state index contributed by atoms with van der Waals surface area (Å²) in [6.07, 6.45) is 2.05. The van der Waals surface area contributed by atoms with E-state index in [1.165, 1.54) is 6.33 Å². The van der Waals surface area contributed by atoms with E-state index in [2.05, 4.69) is 15.3 Å². The molecule has 0 bridgehead atoms. The lowest BCUT2D eigenvalue weighted by atomic mass is 10.2. The lowest BCUT2D eigenvalue weighted by Crippen LogP contribution is -2.46. The number of H-pyrrole nitrogens is 1. The van der Waals surface area contributed by atoms with Crippen LogP contribution < -0.4 is 5.32 Å². The van der Waals surface area contributed by atoms with Gasteiger partial charge in [0.25, 0.3) is 11.8 Å². The van der Waals surface area contributed by atoms with Crippen molar-refractivity contribution in [2.24, 2.45) is 0 Å². The van der Waals surface area contributed by atoms with Gasteiger partial charge in [0.1, 0.15) is 12.6 Å². The highest BCUT2D eigenvalue weighted by Crippen LogP contribution is 2.13. The van der Waals surface area contributed by atoms with E-state index in [0.29, 0.717) is 10.8 Å². The number of ether oxygens (including phenoxy) is 1. The normalized spacial score (nSPS) is 14.6. The Morgan fingerprint density at radius 3 is 2.54 bits per heavy atom. The number of hydroxylamine groups is 2. The number of aromatic nitrogens is 2. The van der Waals surface area contributed by atoms with Crippen LogP contribution in [-0.2, 0) is 37.0 Å². The second-order valence-corrected chi connectivity index (χ2v) is 6.02. The first-order valence-corrected chi connectivity index (χ1v) is 8.55. The first-order chi connectivity index (χ1) is 13.5. The third-order valence-corrected chi connectivity index (χ3v) is 3.94. The molecule has 2 aromatic rings. The van der Waals surface area contributed by atoms with Crippen molar-refractivity contribution in [1.29, 1.82) is 0 Å². The minimum atomic E-state index is -1.20. The van der Waals surface area contributed by atoms with Crippen molar-refractivity contribution in [2.45, 2.75) is 31.9 Å². The third kappa shape index (κ3) is 4.93. The second kappa shape index (κ2) is 8.80. The number of alkyl carbamates (subject to hydrolysis) is 1. The summed E-state index contributed by atoms with van der Waals surface area (Å²) < 4.78 is 5.11. The molecule has 0 unspecified atom stereocenters. The zero-order chi connectivity index (χ0) is 19.9.